The number of amides is 1. The summed E-state index contributed by atoms with van der Waals surface area (Å²) in [4.78, 5) is 23.3. The Morgan fingerprint density at radius 1 is 1.30 bits per heavy atom. The van der Waals surface area contributed by atoms with Crippen molar-refractivity contribution in [3.05, 3.63) is 46.8 Å². The molecule has 1 aliphatic heterocycles. The molecule has 7 heteroatoms. The van der Waals surface area contributed by atoms with Gasteiger partial charge in [0.25, 0.3) is 5.91 Å². The largest absolute Gasteiger partial charge is 0.481 e. The van der Waals surface area contributed by atoms with Crippen molar-refractivity contribution >= 4 is 11.9 Å². The van der Waals surface area contributed by atoms with Gasteiger partial charge < -0.3 is 15.2 Å². The average Bonchev–Trinajstić information content (AvgIpc) is 3.16. The van der Waals surface area contributed by atoms with Crippen LogP contribution in [0.1, 0.15) is 47.1 Å². The maximum Gasteiger partial charge on any atom is 0.303 e. The topological polar surface area (TPSA) is 93.5 Å². The second-order valence-corrected chi connectivity index (χ2v) is 7.32. The molecule has 3 rings (SSSR count). The molecule has 1 saturated heterocycles. The molecule has 0 spiro atoms. The first-order chi connectivity index (χ1) is 12.8. The lowest BCUT2D eigenvalue weighted by molar-refractivity contribution is -0.136. The van der Waals surface area contributed by atoms with Crippen molar-refractivity contribution in [1.29, 1.82) is 0 Å². The highest BCUT2D eigenvalue weighted by Gasteiger charge is 2.31. The van der Waals surface area contributed by atoms with Gasteiger partial charge in [-0.3, -0.25) is 9.59 Å². The van der Waals surface area contributed by atoms with E-state index in [1.165, 1.54) is 0 Å². The van der Waals surface area contributed by atoms with Crippen molar-refractivity contribution < 1.29 is 19.4 Å². The third kappa shape index (κ3) is 4.19. The van der Waals surface area contributed by atoms with Gasteiger partial charge in [-0.1, -0.05) is 0 Å². The van der Waals surface area contributed by atoms with Crippen LogP contribution in [0.25, 0.3) is 5.69 Å². The summed E-state index contributed by atoms with van der Waals surface area (Å²) in [6.45, 7) is 6.99. The molecule has 27 heavy (non-hydrogen) atoms. The SMILES string of the molecule is Cc1nn(-c2ccc(C(=O)N[C@]3(C)CCOC3)cc2)c(C)c1CCC(=O)O. The quantitative estimate of drug-likeness (QED) is 0.813. The lowest BCUT2D eigenvalue weighted by Crippen LogP contribution is -2.46. The van der Waals surface area contributed by atoms with Crippen molar-refractivity contribution in [1.82, 2.24) is 15.1 Å². The number of aromatic nitrogens is 2. The normalized spacial score (nSPS) is 19.2. The van der Waals surface area contributed by atoms with Crippen LogP contribution in [0.3, 0.4) is 0 Å². The third-order valence-electron chi connectivity index (χ3n) is 5.04. The number of carbonyl (C=O) groups excluding carboxylic acids is 1. The second-order valence-electron chi connectivity index (χ2n) is 7.32. The standard InChI is InChI=1S/C20H25N3O4/c1-13-17(8-9-18(24)25)14(2)23(22-13)16-6-4-15(5-7-16)19(26)21-20(3)10-11-27-12-20/h4-7H,8-12H2,1-3H3,(H,21,26)(H,24,25)/t20-/m1/s1. The molecule has 1 aromatic heterocycles. The molecule has 1 fully saturated rings. The number of benzene rings is 1. The number of nitrogens with one attached hydrogen (secondary N) is 1. The summed E-state index contributed by atoms with van der Waals surface area (Å²) in [5, 5.41) is 16.5. The molecule has 1 aliphatic rings. The fraction of sp³-hybridized carbons (Fsp3) is 0.450. The van der Waals surface area contributed by atoms with Gasteiger partial charge in [-0.15, -0.1) is 0 Å². The van der Waals surface area contributed by atoms with Gasteiger partial charge in [-0.2, -0.15) is 5.10 Å². The summed E-state index contributed by atoms with van der Waals surface area (Å²) >= 11 is 0. The molecule has 1 aromatic carbocycles. The molecule has 144 valence electrons. The van der Waals surface area contributed by atoms with E-state index in [9.17, 15) is 9.59 Å². The molecule has 1 atom stereocenters. The maximum atomic E-state index is 12.5. The van der Waals surface area contributed by atoms with E-state index in [1.807, 2.05) is 32.9 Å². The molecule has 0 bridgehead atoms. The number of hydrogen-bond acceptors (Lipinski definition) is 4. The Labute approximate surface area is 158 Å². The van der Waals surface area contributed by atoms with E-state index in [0.29, 0.717) is 25.2 Å². The van der Waals surface area contributed by atoms with Crippen LogP contribution < -0.4 is 5.32 Å². The number of carboxylic acid groups (broad SMARTS) is 1. The van der Waals surface area contributed by atoms with Gasteiger partial charge in [0.15, 0.2) is 0 Å². The summed E-state index contributed by atoms with van der Waals surface area (Å²) in [6, 6.07) is 7.25. The van der Waals surface area contributed by atoms with Crippen LogP contribution in [0.5, 0.6) is 0 Å². The molecule has 7 nitrogen and oxygen atoms in total. The Kier molecular flexibility index (Phi) is 5.32. The first-order valence-electron chi connectivity index (χ1n) is 9.07. The molecule has 2 N–H and O–H groups in total. The number of hydrogen-bond donors (Lipinski definition) is 2. The van der Waals surface area contributed by atoms with Crippen molar-refractivity contribution in [2.24, 2.45) is 0 Å². The summed E-state index contributed by atoms with van der Waals surface area (Å²) in [5.41, 5.74) is 3.80. The number of carbonyl (C=O) groups is 2. The number of nitrogens with zero attached hydrogens (tertiary/aromatic N) is 2. The second kappa shape index (κ2) is 7.52. The zero-order chi connectivity index (χ0) is 19.6. The van der Waals surface area contributed by atoms with Crippen molar-refractivity contribution in [3.63, 3.8) is 0 Å². The Balaban J connectivity index is 1.76. The zero-order valence-electron chi connectivity index (χ0n) is 15.9. The molecule has 2 aromatic rings. The van der Waals surface area contributed by atoms with Crippen molar-refractivity contribution in [2.45, 2.75) is 45.6 Å². The van der Waals surface area contributed by atoms with E-state index in [4.69, 9.17) is 9.84 Å². The molecular formula is C20H25N3O4. The van der Waals surface area contributed by atoms with E-state index >= 15 is 0 Å². The summed E-state index contributed by atoms with van der Waals surface area (Å²) in [6.07, 6.45) is 1.34. The average molecular weight is 371 g/mol. The molecule has 0 radical (unpaired) electrons. The molecular weight excluding hydrogens is 346 g/mol. The fourth-order valence-electron chi connectivity index (χ4n) is 3.39. The highest BCUT2D eigenvalue weighted by atomic mass is 16.5. The van der Waals surface area contributed by atoms with Gasteiger partial charge >= 0.3 is 5.97 Å². The first-order valence-corrected chi connectivity index (χ1v) is 9.07. The van der Waals surface area contributed by atoms with E-state index in [-0.39, 0.29) is 17.9 Å². The number of aryl methyl sites for hydroxylation is 1. The van der Waals surface area contributed by atoms with E-state index in [0.717, 1.165) is 29.1 Å². The molecule has 2 heterocycles. The Hall–Kier alpha value is -2.67. The van der Waals surface area contributed by atoms with E-state index in [1.54, 1.807) is 16.8 Å². The van der Waals surface area contributed by atoms with Crippen LogP contribution in [-0.2, 0) is 16.0 Å². The lowest BCUT2D eigenvalue weighted by Gasteiger charge is -2.23. The monoisotopic (exact) mass is 371 g/mol. The summed E-state index contributed by atoms with van der Waals surface area (Å²) in [5.74, 6) is -0.941. The third-order valence-corrected chi connectivity index (χ3v) is 5.04. The first kappa shape index (κ1) is 19.1. The predicted molar refractivity (Wildman–Crippen MR) is 100 cm³/mol. The smallest absolute Gasteiger partial charge is 0.303 e. The highest BCUT2D eigenvalue weighted by Crippen LogP contribution is 2.21. The Bertz CT molecular complexity index is 849. The van der Waals surface area contributed by atoms with Gasteiger partial charge in [0.1, 0.15) is 0 Å². The van der Waals surface area contributed by atoms with Crippen LogP contribution in [0.15, 0.2) is 24.3 Å². The fourth-order valence-corrected chi connectivity index (χ4v) is 3.39. The lowest BCUT2D eigenvalue weighted by atomic mass is 10.0. The van der Waals surface area contributed by atoms with Gasteiger partial charge in [-0.25, -0.2) is 4.68 Å². The van der Waals surface area contributed by atoms with E-state index < -0.39 is 5.97 Å². The minimum absolute atomic E-state index is 0.0783. The number of carboxylic acids is 1. The molecule has 1 amide bonds. The highest BCUT2D eigenvalue weighted by molar-refractivity contribution is 5.94. The van der Waals surface area contributed by atoms with Gasteiger partial charge in [0, 0.05) is 24.3 Å². The van der Waals surface area contributed by atoms with Crippen LogP contribution in [0, 0.1) is 13.8 Å². The number of ether oxygens (including phenoxy) is 1. The Morgan fingerprint density at radius 3 is 2.59 bits per heavy atom. The molecule has 0 saturated carbocycles. The van der Waals surface area contributed by atoms with Gasteiger partial charge in [0.05, 0.1) is 23.5 Å². The van der Waals surface area contributed by atoms with E-state index in [2.05, 4.69) is 10.4 Å². The zero-order valence-corrected chi connectivity index (χ0v) is 15.9. The Morgan fingerprint density at radius 2 is 2.00 bits per heavy atom. The van der Waals surface area contributed by atoms with Crippen LogP contribution in [0.2, 0.25) is 0 Å². The minimum atomic E-state index is -0.821. The van der Waals surface area contributed by atoms with Gasteiger partial charge in [-0.05, 0) is 63.4 Å². The maximum absolute atomic E-state index is 12.5. The number of aliphatic carboxylic acids is 1. The van der Waals surface area contributed by atoms with Crippen LogP contribution >= 0.6 is 0 Å². The molecule has 0 aliphatic carbocycles. The van der Waals surface area contributed by atoms with Crippen LogP contribution in [-0.4, -0.2) is 45.5 Å². The predicted octanol–water partition coefficient (Wildman–Crippen LogP) is 2.42. The van der Waals surface area contributed by atoms with Gasteiger partial charge in [0.2, 0.25) is 0 Å². The molecule has 0 unspecified atom stereocenters. The number of rotatable bonds is 6. The minimum Gasteiger partial charge on any atom is -0.481 e. The van der Waals surface area contributed by atoms with Crippen molar-refractivity contribution in [2.75, 3.05) is 13.2 Å². The van der Waals surface area contributed by atoms with Crippen molar-refractivity contribution in [3.8, 4) is 5.69 Å². The summed E-state index contributed by atoms with van der Waals surface area (Å²) < 4.78 is 7.16. The summed E-state index contributed by atoms with van der Waals surface area (Å²) in [7, 11) is 0. The van der Waals surface area contributed by atoms with Crippen LogP contribution in [0.4, 0.5) is 0 Å².